The minimum atomic E-state index is -1.12. The molecular weight excluding hydrogens is 300 g/mol. The van der Waals surface area contributed by atoms with E-state index in [0.29, 0.717) is 12.2 Å². The lowest BCUT2D eigenvalue weighted by atomic mass is 9.96. The molecule has 6 heteroatoms. The van der Waals surface area contributed by atoms with Gasteiger partial charge in [-0.2, -0.15) is 5.10 Å². The van der Waals surface area contributed by atoms with Crippen molar-refractivity contribution in [2.45, 2.75) is 25.2 Å². The molecule has 22 heavy (non-hydrogen) atoms. The second-order valence-electron chi connectivity index (χ2n) is 5.29. The summed E-state index contributed by atoms with van der Waals surface area (Å²) in [5.41, 5.74) is 5.02. The first-order valence-corrected chi connectivity index (χ1v) is 8.55. The van der Waals surface area contributed by atoms with Crippen molar-refractivity contribution < 1.29 is 13.7 Å². The normalized spacial score (nSPS) is 20.2. The van der Waals surface area contributed by atoms with E-state index in [1.165, 1.54) is 0 Å². The zero-order valence-electron chi connectivity index (χ0n) is 13.2. The van der Waals surface area contributed by atoms with E-state index in [9.17, 15) is 9.00 Å². The molecule has 0 aromatic heterocycles. The molecule has 1 heterocycles. The van der Waals surface area contributed by atoms with Crippen LogP contribution < -0.4 is 10.2 Å². The fraction of sp³-hybridized carbons (Fsp3) is 0.375. The lowest BCUT2D eigenvalue weighted by Gasteiger charge is -2.18. The summed E-state index contributed by atoms with van der Waals surface area (Å²) < 4.78 is 17.4. The molecule has 0 saturated heterocycles. The molecule has 1 aliphatic heterocycles. The number of hydrogen-bond donors (Lipinski definition) is 1. The number of ether oxygens (including phenoxy) is 1. The Kier molecular flexibility index (Phi) is 5.13. The van der Waals surface area contributed by atoms with Crippen LogP contribution in [-0.4, -0.2) is 29.2 Å². The number of rotatable bonds is 4. The van der Waals surface area contributed by atoms with E-state index >= 15 is 0 Å². The predicted molar refractivity (Wildman–Crippen MR) is 88.3 cm³/mol. The van der Waals surface area contributed by atoms with Gasteiger partial charge in [0.1, 0.15) is 5.75 Å². The second-order valence-corrected chi connectivity index (χ2v) is 6.64. The molecule has 2 rings (SSSR count). The molecule has 1 aliphatic rings. The zero-order valence-corrected chi connectivity index (χ0v) is 14.0. The molecule has 5 nitrogen and oxygen atoms in total. The fourth-order valence-electron chi connectivity index (χ4n) is 2.44. The number of methoxy groups -OCH3 is 1. The van der Waals surface area contributed by atoms with E-state index in [0.717, 1.165) is 21.7 Å². The van der Waals surface area contributed by atoms with Crippen LogP contribution in [0.2, 0.25) is 0 Å². The third-order valence-electron chi connectivity index (χ3n) is 3.58. The number of hydrazone groups is 1. The van der Waals surface area contributed by atoms with Crippen molar-refractivity contribution in [1.82, 2.24) is 5.43 Å². The second kappa shape index (κ2) is 6.87. The third-order valence-corrected chi connectivity index (χ3v) is 4.54. The first-order chi connectivity index (χ1) is 10.4. The van der Waals surface area contributed by atoms with Crippen LogP contribution in [0, 0.1) is 5.92 Å². The summed E-state index contributed by atoms with van der Waals surface area (Å²) in [7, 11) is 0.468. The molecule has 1 amide bonds. The maximum atomic E-state index is 12.0. The van der Waals surface area contributed by atoms with E-state index in [4.69, 9.17) is 4.74 Å². The third kappa shape index (κ3) is 3.44. The summed E-state index contributed by atoms with van der Waals surface area (Å²) in [4.78, 5) is 12.0. The average Bonchev–Trinajstić information content (AvgIpc) is 2.49. The Hall–Kier alpha value is -1.95. The van der Waals surface area contributed by atoms with Crippen LogP contribution >= 0.6 is 0 Å². The molecule has 118 valence electrons. The minimum Gasteiger partial charge on any atom is -0.496 e. The molecule has 0 radical (unpaired) electrons. The maximum Gasteiger partial charge on any atom is 0.240 e. The van der Waals surface area contributed by atoms with Crippen molar-refractivity contribution in [3.63, 3.8) is 0 Å². The predicted octanol–water partition coefficient (Wildman–Crippen LogP) is 2.35. The monoisotopic (exact) mass is 320 g/mol. The van der Waals surface area contributed by atoms with Gasteiger partial charge in [-0.1, -0.05) is 13.0 Å². The van der Waals surface area contributed by atoms with Gasteiger partial charge < -0.3 is 4.74 Å². The van der Waals surface area contributed by atoms with Gasteiger partial charge in [-0.3, -0.25) is 9.00 Å². The summed E-state index contributed by atoms with van der Waals surface area (Å²) in [5, 5.41) is 4.11. The van der Waals surface area contributed by atoms with E-state index in [1.54, 1.807) is 13.4 Å². The highest BCUT2D eigenvalue weighted by atomic mass is 32.2. The molecule has 1 aromatic carbocycles. The van der Waals surface area contributed by atoms with Crippen LogP contribution in [0.5, 0.6) is 5.75 Å². The van der Waals surface area contributed by atoms with Crippen molar-refractivity contribution in [3.05, 3.63) is 29.8 Å². The first-order valence-electron chi connectivity index (χ1n) is 6.99. The Balaban J connectivity index is 2.49. The van der Waals surface area contributed by atoms with Crippen LogP contribution in [-0.2, 0) is 15.6 Å². The van der Waals surface area contributed by atoms with Crippen molar-refractivity contribution in [2.75, 3.05) is 13.4 Å². The Morgan fingerprint density at radius 3 is 2.82 bits per heavy atom. The Labute approximate surface area is 132 Å². The molecule has 0 fully saturated rings. The van der Waals surface area contributed by atoms with Crippen LogP contribution in [0.4, 0.5) is 0 Å². The largest absolute Gasteiger partial charge is 0.496 e. The number of carbonyl (C=O) groups excluding carboxylic acids is 1. The molecule has 1 N–H and O–H groups in total. The van der Waals surface area contributed by atoms with Crippen LogP contribution in [0.1, 0.15) is 25.8 Å². The molecule has 2 unspecified atom stereocenters. The van der Waals surface area contributed by atoms with Gasteiger partial charge in [0, 0.05) is 29.1 Å². The summed E-state index contributed by atoms with van der Waals surface area (Å²) in [6.07, 6.45) is 3.98. The molecule has 0 spiro atoms. The number of hydrogen-bond acceptors (Lipinski definition) is 4. The van der Waals surface area contributed by atoms with Crippen molar-refractivity contribution in [1.29, 1.82) is 0 Å². The zero-order chi connectivity index (χ0) is 16.3. The number of allylic oxidation sites excluding steroid dienone is 2. The van der Waals surface area contributed by atoms with Crippen LogP contribution in [0.15, 0.2) is 34.3 Å². The Bertz CT molecular complexity index is 680. The lowest BCUT2D eigenvalue weighted by molar-refractivity contribution is -0.121. The van der Waals surface area contributed by atoms with E-state index in [2.05, 4.69) is 10.5 Å². The minimum absolute atomic E-state index is 0.0500. The highest BCUT2D eigenvalue weighted by molar-refractivity contribution is 7.84. The first kappa shape index (κ1) is 16.4. The molecule has 0 saturated carbocycles. The summed E-state index contributed by atoms with van der Waals surface area (Å²) in [6.45, 7) is 3.89. The Morgan fingerprint density at radius 1 is 1.50 bits per heavy atom. The van der Waals surface area contributed by atoms with Gasteiger partial charge in [-0.15, -0.1) is 0 Å². The number of nitrogens with zero attached hydrogens (tertiary/aromatic N) is 1. The fourth-order valence-corrected chi connectivity index (χ4v) is 3.26. The van der Waals surface area contributed by atoms with E-state index in [1.807, 2.05) is 38.1 Å². The van der Waals surface area contributed by atoms with Gasteiger partial charge in [0.05, 0.1) is 23.6 Å². The van der Waals surface area contributed by atoms with Crippen molar-refractivity contribution in [2.24, 2.45) is 11.0 Å². The van der Waals surface area contributed by atoms with Gasteiger partial charge in [0.15, 0.2) is 0 Å². The van der Waals surface area contributed by atoms with Crippen molar-refractivity contribution in [3.8, 4) is 5.75 Å². The van der Waals surface area contributed by atoms with Gasteiger partial charge >= 0.3 is 0 Å². The average molecular weight is 320 g/mol. The number of carbonyl (C=O) groups is 1. The SMILES string of the molecule is COc1cccc(S(C)=O)c1C(C)=CC1=NNC(=O)CC1C. The summed E-state index contributed by atoms with van der Waals surface area (Å²) >= 11 is 0. The highest BCUT2D eigenvalue weighted by Gasteiger charge is 2.20. The van der Waals surface area contributed by atoms with Gasteiger partial charge in [0.2, 0.25) is 5.91 Å². The summed E-state index contributed by atoms with van der Waals surface area (Å²) in [6, 6.07) is 5.50. The Morgan fingerprint density at radius 2 is 2.23 bits per heavy atom. The quantitative estimate of drug-likeness (QED) is 0.926. The smallest absolute Gasteiger partial charge is 0.240 e. The van der Waals surface area contributed by atoms with Crippen molar-refractivity contribution >= 4 is 28.0 Å². The number of amides is 1. The highest BCUT2D eigenvalue weighted by Crippen LogP contribution is 2.31. The van der Waals surface area contributed by atoms with Gasteiger partial charge in [-0.05, 0) is 30.7 Å². The summed E-state index contributed by atoms with van der Waals surface area (Å²) in [5.74, 6) is 0.651. The molecule has 0 aliphatic carbocycles. The van der Waals surface area contributed by atoms with Crippen LogP contribution in [0.25, 0.3) is 5.57 Å². The number of nitrogens with one attached hydrogen (secondary N) is 1. The van der Waals surface area contributed by atoms with Crippen LogP contribution in [0.3, 0.4) is 0 Å². The van der Waals surface area contributed by atoms with Gasteiger partial charge in [0.25, 0.3) is 0 Å². The lowest BCUT2D eigenvalue weighted by Crippen LogP contribution is -2.30. The standard InChI is InChI=1S/C16H20N2O3S/c1-10-9-15(19)18-17-12(10)8-11(2)16-13(21-3)6-5-7-14(16)22(4)20/h5-8,10H,9H2,1-4H3,(H,18,19). The molecular formula is C16H20N2O3S. The molecule has 1 aromatic rings. The van der Waals surface area contributed by atoms with Gasteiger partial charge in [-0.25, -0.2) is 5.43 Å². The molecule has 2 atom stereocenters. The van der Waals surface area contributed by atoms with E-state index < -0.39 is 10.8 Å². The van der Waals surface area contributed by atoms with E-state index in [-0.39, 0.29) is 11.8 Å². The maximum absolute atomic E-state index is 12.0. The molecule has 0 bridgehead atoms. The topological polar surface area (TPSA) is 67.8 Å². The number of benzene rings is 1.